The lowest BCUT2D eigenvalue weighted by Crippen LogP contribution is -2.27. The van der Waals surface area contributed by atoms with Crippen LogP contribution in [0.4, 0.5) is 0 Å². The normalized spacial score (nSPS) is 11.8. The minimum absolute atomic E-state index is 0.0545. The van der Waals surface area contributed by atoms with Gasteiger partial charge in [0.1, 0.15) is 5.75 Å². The Morgan fingerprint density at radius 3 is 2.42 bits per heavy atom. The maximum absolute atomic E-state index is 12.1. The standard InChI is InChI=1S/C18H22N2O3S/c1-11(18-12(2)24-13(3)20-18)19-17(22)10-9-16(21)14-5-7-15(23-4)8-6-14/h5-8,11H,9-10H2,1-4H3,(H,19,22)/t11-/m1/s1. The lowest BCUT2D eigenvalue weighted by atomic mass is 10.1. The van der Waals surface area contributed by atoms with Crippen molar-refractivity contribution in [2.45, 2.75) is 39.7 Å². The van der Waals surface area contributed by atoms with E-state index in [4.69, 9.17) is 4.74 Å². The number of aromatic nitrogens is 1. The average molecular weight is 346 g/mol. The summed E-state index contributed by atoms with van der Waals surface area (Å²) in [6.45, 7) is 5.85. The summed E-state index contributed by atoms with van der Waals surface area (Å²) in [4.78, 5) is 29.8. The predicted octanol–water partition coefficient (Wildman–Crippen LogP) is 3.61. The van der Waals surface area contributed by atoms with Gasteiger partial charge in [-0.15, -0.1) is 11.3 Å². The second-order valence-electron chi connectivity index (χ2n) is 5.62. The number of methoxy groups -OCH3 is 1. The van der Waals surface area contributed by atoms with Gasteiger partial charge in [-0.1, -0.05) is 0 Å². The number of ether oxygens (including phenoxy) is 1. The van der Waals surface area contributed by atoms with Crippen LogP contribution in [0, 0.1) is 13.8 Å². The fourth-order valence-electron chi connectivity index (χ4n) is 2.48. The molecule has 1 aromatic heterocycles. The zero-order valence-corrected chi connectivity index (χ0v) is 15.2. The van der Waals surface area contributed by atoms with Crippen LogP contribution in [0.3, 0.4) is 0 Å². The fourth-order valence-corrected chi connectivity index (χ4v) is 3.39. The van der Waals surface area contributed by atoms with E-state index in [0.717, 1.165) is 15.6 Å². The number of rotatable bonds is 7. The molecular weight excluding hydrogens is 324 g/mol. The smallest absolute Gasteiger partial charge is 0.220 e. The van der Waals surface area contributed by atoms with E-state index in [1.54, 1.807) is 42.7 Å². The first-order chi connectivity index (χ1) is 11.4. The number of amides is 1. The van der Waals surface area contributed by atoms with Crippen molar-refractivity contribution in [2.24, 2.45) is 0 Å². The average Bonchev–Trinajstić information content (AvgIpc) is 2.91. The molecule has 2 rings (SSSR count). The van der Waals surface area contributed by atoms with Crippen LogP contribution >= 0.6 is 11.3 Å². The Balaban J connectivity index is 1.85. The van der Waals surface area contributed by atoms with Gasteiger partial charge in [-0.3, -0.25) is 9.59 Å². The van der Waals surface area contributed by atoms with E-state index in [0.29, 0.717) is 11.3 Å². The first-order valence-corrected chi connectivity index (χ1v) is 8.63. The quantitative estimate of drug-likeness (QED) is 0.778. The molecule has 0 aliphatic heterocycles. The van der Waals surface area contributed by atoms with Crippen LogP contribution in [0.15, 0.2) is 24.3 Å². The van der Waals surface area contributed by atoms with E-state index in [1.165, 1.54) is 0 Å². The molecule has 0 aliphatic carbocycles. The number of hydrogen-bond acceptors (Lipinski definition) is 5. The number of carbonyl (C=O) groups is 2. The number of nitrogens with zero attached hydrogens (tertiary/aromatic N) is 1. The highest BCUT2D eigenvalue weighted by atomic mass is 32.1. The van der Waals surface area contributed by atoms with Gasteiger partial charge in [0.05, 0.1) is 23.9 Å². The van der Waals surface area contributed by atoms with Crippen molar-refractivity contribution >= 4 is 23.0 Å². The molecule has 1 amide bonds. The van der Waals surface area contributed by atoms with Crippen molar-refractivity contribution < 1.29 is 14.3 Å². The van der Waals surface area contributed by atoms with Gasteiger partial charge in [-0.2, -0.15) is 0 Å². The molecule has 1 N–H and O–H groups in total. The van der Waals surface area contributed by atoms with Crippen molar-refractivity contribution in [3.63, 3.8) is 0 Å². The van der Waals surface area contributed by atoms with Crippen LogP contribution in [0.5, 0.6) is 5.75 Å². The first-order valence-electron chi connectivity index (χ1n) is 7.81. The van der Waals surface area contributed by atoms with Gasteiger partial charge in [0.2, 0.25) is 5.91 Å². The molecule has 24 heavy (non-hydrogen) atoms. The van der Waals surface area contributed by atoms with Crippen LogP contribution in [-0.2, 0) is 4.79 Å². The molecular formula is C18H22N2O3S. The third-order valence-corrected chi connectivity index (χ3v) is 4.62. The Morgan fingerprint density at radius 1 is 1.21 bits per heavy atom. The molecule has 5 nitrogen and oxygen atoms in total. The van der Waals surface area contributed by atoms with Crippen LogP contribution < -0.4 is 10.1 Å². The van der Waals surface area contributed by atoms with Gasteiger partial charge >= 0.3 is 0 Å². The zero-order valence-electron chi connectivity index (χ0n) is 14.4. The number of Topliss-reactive ketones (excluding diaryl/α,β-unsaturated/α-hetero) is 1. The molecule has 0 radical (unpaired) electrons. The SMILES string of the molecule is COc1ccc(C(=O)CCC(=O)N[C@H](C)c2nc(C)sc2C)cc1. The molecule has 0 saturated heterocycles. The number of ketones is 1. The minimum Gasteiger partial charge on any atom is -0.497 e. The Bertz CT molecular complexity index is 722. The highest BCUT2D eigenvalue weighted by Crippen LogP contribution is 2.22. The second-order valence-corrected chi connectivity index (χ2v) is 7.02. The van der Waals surface area contributed by atoms with Gasteiger partial charge < -0.3 is 10.1 Å². The summed E-state index contributed by atoms with van der Waals surface area (Å²) in [5.41, 5.74) is 1.48. The van der Waals surface area contributed by atoms with Crippen molar-refractivity contribution in [2.75, 3.05) is 7.11 Å². The van der Waals surface area contributed by atoms with Crippen LogP contribution in [0.25, 0.3) is 0 Å². The van der Waals surface area contributed by atoms with E-state index in [9.17, 15) is 9.59 Å². The number of hydrogen-bond donors (Lipinski definition) is 1. The Kier molecular flexibility index (Phi) is 6.09. The van der Waals surface area contributed by atoms with Crippen molar-refractivity contribution in [3.05, 3.63) is 45.4 Å². The maximum Gasteiger partial charge on any atom is 0.220 e. The van der Waals surface area contributed by atoms with Crippen LogP contribution in [-0.4, -0.2) is 23.8 Å². The molecule has 1 atom stereocenters. The molecule has 6 heteroatoms. The highest BCUT2D eigenvalue weighted by Gasteiger charge is 2.16. The first kappa shape index (κ1) is 18.1. The molecule has 128 valence electrons. The number of aryl methyl sites for hydroxylation is 2. The number of thiazole rings is 1. The minimum atomic E-state index is -0.154. The molecule has 1 aromatic carbocycles. The molecule has 0 aliphatic rings. The monoisotopic (exact) mass is 346 g/mol. The van der Waals surface area contributed by atoms with Gasteiger partial charge in [0, 0.05) is 23.3 Å². The van der Waals surface area contributed by atoms with E-state index in [1.807, 2.05) is 20.8 Å². The van der Waals surface area contributed by atoms with Crippen molar-refractivity contribution in [1.29, 1.82) is 0 Å². The van der Waals surface area contributed by atoms with Crippen molar-refractivity contribution in [3.8, 4) is 5.75 Å². The predicted molar refractivity (Wildman–Crippen MR) is 94.7 cm³/mol. The summed E-state index contributed by atoms with van der Waals surface area (Å²) >= 11 is 1.62. The molecule has 0 spiro atoms. The molecule has 2 aromatic rings. The number of carbonyl (C=O) groups excluding carboxylic acids is 2. The van der Waals surface area contributed by atoms with E-state index < -0.39 is 0 Å². The van der Waals surface area contributed by atoms with Crippen LogP contribution in [0.2, 0.25) is 0 Å². The molecule has 0 fully saturated rings. The van der Waals surface area contributed by atoms with E-state index in [2.05, 4.69) is 10.3 Å². The number of benzene rings is 1. The molecule has 0 unspecified atom stereocenters. The molecule has 0 bridgehead atoms. The summed E-state index contributed by atoms with van der Waals surface area (Å²) < 4.78 is 5.06. The topological polar surface area (TPSA) is 68.3 Å². The lowest BCUT2D eigenvalue weighted by Gasteiger charge is -2.12. The highest BCUT2D eigenvalue weighted by molar-refractivity contribution is 7.11. The van der Waals surface area contributed by atoms with Crippen molar-refractivity contribution in [1.82, 2.24) is 10.3 Å². The lowest BCUT2D eigenvalue weighted by molar-refractivity contribution is -0.121. The Morgan fingerprint density at radius 2 is 1.88 bits per heavy atom. The summed E-state index contributed by atoms with van der Waals surface area (Å²) in [7, 11) is 1.58. The molecule has 1 heterocycles. The summed E-state index contributed by atoms with van der Waals surface area (Å²) in [6, 6.07) is 6.75. The van der Waals surface area contributed by atoms with E-state index >= 15 is 0 Å². The van der Waals surface area contributed by atoms with Gasteiger partial charge in [-0.05, 0) is 45.0 Å². The van der Waals surface area contributed by atoms with Crippen LogP contribution in [0.1, 0.15) is 51.7 Å². The van der Waals surface area contributed by atoms with Gasteiger partial charge in [0.25, 0.3) is 0 Å². The van der Waals surface area contributed by atoms with Gasteiger partial charge in [-0.25, -0.2) is 4.98 Å². The zero-order chi connectivity index (χ0) is 17.7. The third-order valence-electron chi connectivity index (χ3n) is 3.72. The number of nitrogens with one attached hydrogen (secondary N) is 1. The third kappa shape index (κ3) is 4.64. The van der Waals surface area contributed by atoms with Gasteiger partial charge in [0.15, 0.2) is 5.78 Å². The second kappa shape index (κ2) is 8.06. The summed E-state index contributed by atoms with van der Waals surface area (Å²) in [5, 5.41) is 3.89. The Labute approximate surface area is 146 Å². The van der Waals surface area contributed by atoms with E-state index in [-0.39, 0.29) is 30.6 Å². The summed E-state index contributed by atoms with van der Waals surface area (Å²) in [5.74, 6) is 0.502. The Hall–Kier alpha value is -2.21. The fraction of sp³-hybridized carbons (Fsp3) is 0.389. The summed E-state index contributed by atoms with van der Waals surface area (Å²) in [6.07, 6.45) is 0.345. The molecule has 0 saturated carbocycles. The maximum atomic E-state index is 12.1. The largest absolute Gasteiger partial charge is 0.497 e.